The van der Waals surface area contributed by atoms with E-state index in [1.165, 1.54) is 0 Å². The van der Waals surface area contributed by atoms with E-state index in [1.54, 1.807) is 7.11 Å². The average Bonchev–Trinajstić information content (AvgIpc) is 2.60. The highest BCUT2D eigenvalue weighted by Gasteiger charge is 2.20. The molecule has 0 bridgehead atoms. The van der Waals surface area contributed by atoms with Crippen molar-refractivity contribution in [1.29, 1.82) is 0 Å². The van der Waals surface area contributed by atoms with Crippen LogP contribution in [-0.4, -0.2) is 25.1 Å². The molecule has 126 valence electrons. The first-order valence-corrected chi connectivity index (χ1v) is 7.59. The first-order chi connectivity index (χ1) is 11.6. The third-order valence-electron chi connectivity index (χ3n) is 3.56. The quantitative estimate of drug-likeness (QED) is 0.721. The normalized spacial score (nSPS) is 11.4. The number of nitrogens with two attached hydrogens (primary N) is 1. The van der Waals surface area contributed by atoms with Crippen molar-refractivity contribution in [3.05, 3.63) is 65.7 Å². The van der Waals surface area contributed by atoms with Gasteiger partial charge in [0.15, 0.2) is 0 Å². The van der Waals surface area contributed by atoms with Gasteiger partial charge in [0.25, 0.3) is 0 Å². The minimum Gasteiger partial charge on any atom is -0.496 e. The number of ether oxygens (including phenoxy) is 1. The zero-order valence-corrected chi connectivity index (χ0v) is 13.5. The minimum atomic E-state index is -0.736. The van der Waals surface area contributed by atoms with Crippen LogP contribution in [0.3, 0.4) is 0 Å². The molecule has 4 N–H and O–H groups in total. The van der Waals surface area contributed by atoms with Crippen LogP contribution < -0.4 is 21.1 Å². The maximum atomic E-state index is 12.4. The van der Waals surface area contributed by atoms with Crippen molar-refractivity contribution in [2.45, 2.75) is 19.0 Å². The summed E-state index contributed by atoms with van der Waals surface area (Å²) >= 11 is 0. The van der Waals surface area contributed by atoms with E-state index in [0.29, 0.717) is 18.7 Å². The molecule has 2 aromatic carbocycles. The number of carbonyl (C=O) groups is 2. The van der Waals surface area contributed by atoms with Crippen molar-refractivity contribution >= 4 is 11.9 Å². The van der Waals surface area contributed by atoms with Crippen molar-refractivity contribution in [3.63, 3.8) is 0 Å². The molecule has 2 rings (SSSR count). The molecule has 3 amide bonds. The van der Waals surface area contributed by atoms with E-state index in [0.717, 1.165) is 11.1 Å². The summed E-state index contributed by atoms with van der Waals surface area (Å²) in [5.74, 6) is 0.392. The number of methoxy groups -OCH3 is 1. The van der Waals surface area contributed by atoms with Crippen LogP contribution in [0.1, 0.15) is 11.1 Å². The van der Waals surface area contributed by atoms with Crippen LogP contribution in [0.4, 0.5) is 4.79 Å². The van der Waals surface area contributed by atoms with E-state index in [-0.39, 0.29) is 5.91 Å². The fourth-order valence-corrected chi connectivity index (χ4v) is 2.39. The number of primary amides is 1. The second kappa shape index (κ2) is 8.57. The fourth-order valence-electron chi connectivity index (χ4n) is 2.39. The van der Waals surface area contributed by atoms with Gasteiger partial charge in [-0.25, -0.2) is 4.79 Å². The molecule has 0 saturated carbocycles. The maximum absolute atomic E-state index is 12.4. The van der Waals surface area contributed by atoms with Crippen molar-refractivity contribution in [3.8, 4) is 5.75 Å². The summed E-state index contributed by atoms with van der Waals surface area (Å²) in [6.07, 6.45) is 0.363. The van der Waals surface area contributed by atoms with Crippen LogP contribution in [0.5, 0.6) is 5.75 Å². The molecule has 6 heteroatoms. The molecule has 2 aromatic rings. The van der Waals surface area contributed by atoms with Gasteiger partial charge in [0.05, 0.1) is 7.11 Å². The zero-order chi connectivity index (χ0) is 17.4. The van der Waals surface area contributed by atoms with Crippen LogP contribution in [0, 0.1) is 0 Å². The molecular weight excluding hydrogens is 306 g/mol. The third-order valence-corrected chi connectivity index (χ3v) is 3.56. The van der Waals surface area contributed by atoms with Gasteiger partial charge in [-0.2, -0.15) is 0 Å². The first-order valence-electron chi connectivity index (χ1n) is 7.59. The molecular formula is C18H21N3O3. The third kappa shape index (κ3) is 5.01. The Morgan fingerprint density at radius 2 is 1.75 bits per heavy atom. The van der Waals surface area contributed by atoms with Gasteiger partial charge in [0.1, 0.15) is 11.8 Å². The van der Waals surface area contributed by atoms with E-state index in [9.17, 15) is 9.59 Å². The number of benzene rings is 2. The Labute approximate surface area is 141 Å². The Balaban J connectivity index is 2.03. The van der Waals surface area contributed by atoms with Crippen molar-refractivity contribution < 1.29 is 14.3 Å². The second-order valence-corrected chi connectivity index (χ2v) is 5.28. The molecule has 0 heterocycles. The van der Waals surface area contributed by atoms with E-state index in [2.05, 4.69) is 10.6 Å². The monoisotopic (exact) mass is 327 g/mol. The van der Waals surface area contributed by atoms with Crippen LogP contribution in [0.25, 0.3) is 0 Å². The Kier molecular flexibility index (Phi) is 6.19. The smallest absolute Gasteiger partial charge is 0.312 e. The summed E-state index contributed by atoms with van der Waals surface area (Å²) in [6, 6.07) is 15.4. The Hall–Kier alpha value is -3.02. The number of nitrogens with one attached hydrogen (secondary N) is 2. The Morgan fingerprint density at radius 1 is 1.08 bits per heavy atom. The zero-order valence-electron chi connectivity index (χ0n) is 13.5. The lowest BCUT2D eigenvalue weighted by molar-refractivity contribution is -0.123. The van der Waals surface area contributed by atoms with Gasteiger partial charge >= 0.3 is 6.03 Å². The fraction of sp³-hybridized carbons (Fsp3) is 0.222. The maximum Gasteiger partial charge on any atom is 0.312 e. The molecule has 0 aliphatic rings. The summed E-state index contributed by atoms with van der Waals surface area (Å²) < 4.78 is 5.26. The summed E-state index contributed by atoms with van der Waals surface area (Å²) in [5.41, 5.74) is 6.97. The second-order valence-electron chi connectivity index (χ2n) is 5.28. The molecule has 6 nitrogen and oxygen atoms in total. The van der Waals surface area contributed by atoms with E-state index >= 15 is 0 Å². The standard InChI is InChI=1S/C18H21N3O3/c1-24-16-10-6-5-9-14(16)12-20-17(22)15(21-18(19)23)11-13-7-3-2-4-8-13/h2-10,15H,11-12H2,1H3,(H,20,22)(H3,19,21,23). The van der Waals surface area contributed by atoms with Crippen molar-refractivity contribution in [2.24, 2.45) is 5.73 Å². The first kappa shape index (κ1) is 17.3. The molecule has 24 heavy (non-hydrogen) atoms. The number of urea groups is 1. The lowest BCUT2D eigenvalue weighted by atomic mass is 10.1. The van der Waals surface area contributed by atoms with E-state index in [4.69, 9.17) is 10.5 Å². The molecule has 0 aliphatic carbocycles. The summed E-state index contributed by atoms with van der Waals surface area (Å²) in [5, 5.41) is 5.30. The van der Waals surface area contributed by atoms with Gasteiger partial charge in [0, 0.05) is 18.5 Å². The molecule has 0 fully saturated rings. The van der Waals surface area contributed by atoms with Gasteiger partial charge in [-0.3, -0.25) is 4.79 Å². The average molecular weight is 327 g/mol. The Bertz CT molecular complexity index is 689. The highest BCUT2D eigenvalue weighted by atomic mass is 16.5. The van der Waals surface area contributed by atoms with Crippen molar-refractivity contribution in [2.75, 3.05) is 7.11 Å². The summed E-state index contributed by atoms with van der Waals surface area (Å²) in [7, 11) is 1.58. The van der Waals surface area contributed by atoms with E-state index in [1.807, 2.05) is 54.6 Å². The topological polar surface area (TPSA) is 93.4 Å². The predicted molar refractivity (Wildman–Crippen MR) is 91.5 cm³/mol. The number of carbonyl (C=O) groups excluding carboxylic acids is 2. The molecule has 1 atom stereocenters. The summed E-state index contributed by atoms with van der Waals surface area (Å²) in [4.78, 5) is 23.6. The molecule has 1 unspecified atom stereocenters. The molecule has 0 spiro atoms. The van der Waals surface area contributed by atoms with Gasteiger partial charge < -0.3 is 21.1 Å². The number of amides is 3. The predicted octanol–water partition coefficient (Wildman–Crippen LogP) is 1.59. The van der Waals surface area contributed by atoms with Crippen LogP contribution >= 0.6 is 0 Å². The van der Waals surface area contributed by atoms with Crippen LogP contribution in [0.15, 0.2) is 54.6 Å². The Morgan fingerprint density at radius 3 is 2.42 bits per heavy atom. The lowest BCUT2D eigenvalue weighted by Crippen LogP contribution is -2.49. The number of rotatable bonds is 7. The molecule has 0 saturated heterocycles. The van der Waals surface area contributed by atoms with Crippen molar-refractivity contribution in [1.82, 2.24) is 10.6 Å². The molecule has 0 aliphatic heterocycles. The van der Waals surface area contributed by atoms with Gasteiger partial charge in [0.2, 0.25) is 5.91 Å². The lowest BCUT2D eigenvalue weighted by Gasteiger charge is -2.18. The van der Waals surface area contributed by atoms with Crippen LogP contribution in [-0.2, 0) is 17.8 Å². The number of hydrogen-bond donors (Lipinski definition) is 3. The van der Waals surface area contributed by atoms with Crippen LogP contribution in [0.2, 0.25) is 0 Å². The summed E-state index contributed by atoms with van der Waals surface area (Å²) in [6.45, 7) is 0.300. The van der Waals surface area contributed by atoms with Gasteiger partial charge in [-0.1, -0.05) is 48.5 Å². The van der Waals surface area contributed by atoms with Gasteiger partial charge in [-0.15, -0.1) is 0 Å². The molecule has 0 radical (unpaired) electrons. The number of hydrogen-bond acceptors (Lipinski definition) is 3. The van der Waals surface area contributed by atoms with Gasteiger partial charge in [-0.05, 0) is 11.6 Å². The largest absolute Gasteiger partial charge is 0.496 e. The minimum absolute atomic E-state index is 0.300. The highest BCUT2D eigenvalue weighted by Crippen LogP contribution is 2.16. The SMILES string of the molecule is COc1ccccc1CNC(=O)C(Cc1ccccc1)NC(N)=O. The van der Waals surface area contributed by atoms with E-state index < -0.39 is 12.1 Å². The number of para-hydroxylation sites is 1. The highest BCUT2D eigenvalue weighted by molar-refractivity contribution is 5.86. The molecule has 0 aromatic heterocycles.